The molecule has 3 aromatic rings. The fraction of sp³-hybridized carbons (Fsp3) is 0.190. The second-order valence-corrected chi connectivity index (χ2v) is 6.29. The number of amides is 1. The van der Waals surface area contributed by atoms with Crippen LogP contribution in [0.4, 0.5) is 17.3 Å². The molecule has 7 nitrogen and oxygen atoms in total. The van der Waals surface area contributed by atoms with Gasteiger partial charge in [-0.3, -0.25) is 4.79 Å². The standard InChI is InChI=1S/C21H20N4O3/c1-27-17-8-4-5-9-18(17)28-14-21(26)22-19-10-11-20(24-23-19)25-13-12-15-6-2-3-7-16(15)25/h2-11H,12-14H2,1H3,(H,22,23,26). The van der Waals surface area contributed by atoms with E-state index in [4.69, 9.17) is 9.47 Å². The van der Waals surface area contributed by atoms with Gasteiger partial charge in [-0.1, -0.05) is 30.3 Å². The Morgan fingerprint density at radius 1 is 1.04 bits per heavy atom. The molecular weight excluding hydrogens is 356 g/mol. The van der Waals surface area contributed by atoms with E-state index in [1.165, 1.54) is 5.56 Å². The van der Waals surface area contributed by atoms with E-state index in [9.17, 15) is 4.79 Å². The zero-order valence-electron chi connectivity index (χ0n) is 15.5. The number of aromatic nitrogens is 2. The largest absolute Gasteiger partial charge is 0.493 e. The molecule has 1 N–H and O–H groups in total. The quantitative estimate of drug-likeness (QED) is 0.712. The van der Waals surface area contributed by atoms with Gasteiger partial charge in [-0.2, -0.15) is 0 Å². The molecule has 0 bridgehead atoms. The zero-order chi connectivity index (χ0) is 19.3. The number of methoxy groups -OCH3 is 1. The number of nitrogens with zero attached hydrogens (tertiary/aromatic N) is 3. The van der Waals surface area contributed by atoms with Gasteiger partial charge in [-0.05, 0) is 42.3 Å². The number of para-hydroxylation sites is 3. The average molecular weight is 376 g/mol. The van der Waals surface area contributed by atoms with E-state index in [1.807, 2.05) is 30.3 Å². The molecule has 4 rings (SSSR count). The monoisotopic (exact) mass is 376 g/mol. The SMILES string of the molecule is COc1ccccc1OCC(=O)Nc1ccc(N2CCc3ccccc32)nn1. The van der Waals surface area contributed by atoms with Crippen LogP contribution < -0.4 is 19.7 Å². The van der Waals surface area contributed by atoms with Crippen LogP contribution in [0.5, 0.6) is 11.5 Å². The molecule has 1 aliphatic rings. The van der Waals surface area contributed by atoms with Gasteiger partial charge in [-0.15, -0.1) is 10.2 Å². The Hall–Kier alpha value is -3.61. The number of hydrogen-bond acceptors (Lipinski definition) is 6. The van der Waals surface area contributed by atoms with Crippen molar-refractivity contribution < 1.29 is 14.3 Å². The maximum Gasteiger partial charge on any atom is 0.263 e. The van der Waals surface area contributed by atoms with E-state index in [0.717, 1.165) is 24.5 Å². The summed E-state index contributed by atoms with van der Waals surface area (Å²) >= 11 is 0. The van der Waals surface area contributed by atoms with Crippen LogP contribution in [0, 0.1) is 0 Å². The molecule has 2 aromatic carbocycles. The van der Waals surface area contributed by atoms with Crippen LogP contribution >= 0.6 is 0 Å². The van der Waals surface area contributed by atoms with Crippen molar-refractivity contribution in [3.05, 3.63) is 66.2 Å². The lowest BCUT2D eigenvalue weighted by Crippen LogP contribution is -2.21. The van der Waals surface area contributed by atoms with Crippen LogP contribution in [0.2, 0.25) is 0 Å². The summed E-state index contributed by atoms with van der Waals surface area (Å²) in [6.07, 6.45) is 0.983. The highest BCUT2D eigenvalue weighted by atomic mass is 16.5. The minimum absolute atomic E-state index is 0.149. The predicted molar refractivity (Wildman–Crippen MR) is 106 cm³/mol. The van der Waals surface area contributed by atoms with Crippen LogP contribution in [0.3, 0.4) is 0 Å². The Balaban J connectivity index is 1.36. The number of carbonyl (C=O) groups is 1. The molecule has 2 heterocycles. The number of carbonyl (C=O) groups excluding carboxylic acids is 1. The molecule has 1 aliphatic heterocycles. The number of ether oxygens (including phenoxy) is 2. The molecule has 0 unspecified atom stereocenters. The Kier molecular flexibility index (Phi) is 5.05. The van der Waals surface area contributed by atoms with Crippen LogP contribution in [0.25, 0.3) is 0 Å². The maximum absolute atomic E-state index is 12.1. The molecule has 28 heavy (non-hydrogen) atoms. The Bertz CT molecular complexity index is 975. The average Bonchev–Trinajstić information content (AvgIpc) is 3.17. The second kappa shape index (κ2) is 7.96. The topological polar surface area (TPSA) is 76.6 Å². The van der Waals surface area contributed by atoms with Crippen LogP contribution in [0.15, 0.2) is 60.7 Å². The van der Waals surface area contributed by atoms with E-state index in [1.54, 1.807) is 25.3 Å². The molecule has 0 atom stereocenters. The van der Waals surface area contributed by atoms with Crippen LogP contribution in [-0.2, 0) is 11.2 Å². The van der Waals surface area contributed by atoms with E-state index in [2.05, 4.69) is 32.5 Å². The molecule has 0 aliphatic carbocycles. The van der Waals surface area contributed by atoms with Gasteiger partial charge in [0.15, 0.2) is 29.7 Å². The van der Waals surface area contributed by atoms with Crippen molar-refractivity contribution >= 4 is 23.2 Å². The van der Waals surface area contributed by atoms with Gasteiger partial charge in [0.25, 0.3) is 5.91 Å². The Morgan fingerprint density at radius 3 is 2.61 bits per heavy atom. The highest BCUT2D eigenvalue weighted by molar-refractivity contribution is 5.91. The van der Waals surface area contributed by atoms with Crippen molar-refractivity contribution in [2.45, 2.75) is 6.42 Å². The highest BCUT2D eigenvalue weighted by Gasteiger charge is 2.21. The molecule has 1 amide bonds. The molecule has 0 saturated heterocycles. The van der Waals surface area contributed by atoms with Crippen molar-refractivity contribution in [2.75, 3.05) is 30.5 Å². The number of rotatable bonds is 6. The molecule has 0 fully saturated rings. The third-order valence-electron chi connectivity index (χ3n) is 4.51. The summed E-state index contributed by atoms with van der Waals surface area (Å²) < 4.78 is 10.7. The summed E-state index contributed by atoms with van der Waals surface area (Å²) in [5, 5.41) is 11.1. The zero-order valence-corrected chi connectivity index (χ0v) is 15.5. The van der Waals surface area contributed by atoms with E-state index in [0.29, 0.717) is 17.3 Å². The van der Waals surface area contributed by atoms with Gasteiger partial charge in [0.05, 0.1) is 7.11 Å². The minimum atomic E-state index is -0.320. The van der Waals surface area contributed by atoms with Crippen molar-refractivity contribution in [1.29, 1.82) is 0 Å². The molecule has 0 spiro atoms. The Labute approximate surface area is 162 Å². The molecule has 7 heteroatoms. The second-order valence-electron chi connectivity index (χ2n) is 6.29. The first-order valence-electron chi connectivity index (χ1n) is 8.99. The minimum Gasteiger partial charge on any atom is -0.493 e. The number of anilines is 3. The molecule has 1 aromatic heterocycles. The molecule has 142 valence electrons. The van der Waals surface area contributed by atoms with Gasteiger partial charge in [0.1, 0.15) is 0 Å². The third kappa shape index (κ3) is 3.73. The van der Waals surface area contributed by atoms with Crippen molar-refractivity contribution in [3.8, 4) is 11.5 Å². The number of benzene rings is 2. The van der Waals surface area contributed by atoms with Crippen molar-refractivity contribution in [3.63, 3.8) is 0 Å². The fourth-order valence-electron chi connectivity index (χ4n) is 3.17. The number of hydrogen-bond donors (Lipinski definition) is 1. The lowest BCUT2D eigenvalue weighted by Gasteiger charge is -2.17. The summed E-state index contributed by atoms with van der Waals surface area (Å²) in [7, 11) is 1.55. The predicted octanol–water partition coefficient (Wildman–Crippen LogP) is 3.20. The van der Waals surface area contributed by atoms with Gasteiger partial charge in [0.2, 0.25) is 0 Å². The smallest absolute Gasteiger partial charge is 0.263 e. The van der Waals surface area contributed by atoms with Gasteiger partial charge >= 0.3 is 0 Å². The van der Waals surface area contributed by atoms with E-state index < -0.39 is 0 Å². The first-order chi connectivity index (χ1) is 13.7. The molecule has 0 saturated carbocycles. The normalized spacial score (nSPS) is 12.4. The molecular formula is C21H20N4O3. The lowest BCUT2D eigenvalue weighted by atomic mass is 10.2. The third-order valence-corrected chi connectivity index (χ3v) is 4.51. The fourth-order valence-corrected chi connectivity index (χ4v) is 3.17. The van der Waals surface area contributed by atoms with E-state index in [-0.39, 0.29) is 12.5 Å². The summed E-state index contributed by atoms with van der Waals surface area (Å²) in [4.78, 5) is 14.3. The Morgan fingerprint density at radius 2 is 1.82 bits per heavy atom. The maximum atomic E-state index is 12.1. The van der Waals surface area contributed by atoms with Crippen molar-refractivity contribution in [1.82, 2.24) is 10.2 Å². The summed E-state index contributed by atoms with van der Waals surface area (Å²) in [5.74, 6) is 1.90. The first kappa shape index (κ1) is 17.8. The number of fused-ring (bicyclic) bond motifs is 1. The summed E-state index contributed by atoms with van der Waals surface area (Å²) in [5.41, 5.74) is 2.45. The summed E-state index contributed by atoms with van der Waals surface area (Å²) in [6, 6.07) is 19.0. The number of nitrogens with one attached hydrogen (secondary N) is 1. The van der Waals surface area contributed by atoms with Gasteiger partial charge < -0.3 is 19.7 Å². The van der Waals surface area contributed by atoms with Gasteiger partial charge in [0, 0.05) is 12.2 Å². The lowest BCUT2D eigenvalue weighted by molar-refractivity contribution is -0.118. The first-order valence-corrected chi connectivity index (χ1v) is 8.99. The highest BCUT2D eigenvalue weighted by Crippen LogP contribution is 2.32. The van der Waals surface area contributed by atoms with Crippen LogP contribution in [-0.4, -0.2) is 36.4 Å². The summed E-state index contributed by atoms with van der Waals surface area (Å²) in [6.45, 7) is 0.718. The van der Waals surface area contributed by atoms with Crippen LogP contribution in [0.1, 0.15) is 5.56 Å². The van der Waals surface area contributed by atoms with E-state index >= 15 is 0 Å². The van der Waals surface area contributed by atoms with Gasteiger partial charge in [-0.25, -0.2) is 0 Å². The molecule has 0 radical (unpaired) electrons. The van der Waals surface area contributed by atoms with Crippen molar-refractivity contribution in [2.24, 2.45) is 0 Å².